The number of amides is 1. The maximum absolute atomic E-state index is 13.4. The summed E-state index contributed by atoms with van der Waals surface area (Å²) in [5.74, 6) is 0.142. The van der Waals surface area contributed by atoms with Gasteiger partial charge in [-0.25, -0.2) is 9.18 Å². The van der Waals surface area contributed by atoms with E-state index >= 15 is 0 Å². The number of ether oxygens (including phenoxy) is 2. The molecule has 174 valence electrons. The summed E-state index contributed by atoms with van der Waals surface area (Å²) in [6.07, 6.45) is 1.32. The molecule has 1 aromatic carbocycles. The van der Waals surface area contributed by atoms with Crippen LogP contribution in [0, 0.1) is 5.82 Å². The summed E-state index contributed by atoms with van der Waals surface area (Å²) in [6, 6.07) is 6.75. The number of rotatable bonds is 6. The number of hydrogen-bond acceptors (Lipinski definition) is 5. The van der Waals surface area contributed by atoms with Gasteiger partial charge in [0.05, 0.1) is 32.4 Å². The molecule has 0 radical (unpaired) electrons. The zero-order valence-corrected chi connectivity index (χ0v) is 20.3. The van der Waals surface area contributed by atoms with Crippen molar-refractivity contribution in [2.24, 2.45) is 10.7 Å². The van der Waals surface area contributed by atoms with E-state index < -0.39 is 0 Å². The van der Waals surface area contributed by atoms with Gasteiger partial charge in [-0.1, -0.05) is 12.1 Å². The van der Waals surface area contributed by atoms with Crippen LogP contribution in [0.1, 0.15) is 31.4 Å². The minimum Gasteiger partial charge on any atom is -0.450 e. The van der Waals surface area contributed by atoms with Crippen molar-refractivity contribution in [1.82, 2.24) is 15.1 Å². The van der Waals surface area contributed by atoms with Crippen molar-refractivity contribution in [3.63, 3.8) is 0 Å². The van der Waals surface area contributed by atoms with Gasteiger partial charge in [0.2, 0.25) is 0 Å². The normalized spacial score (nSPS) is 19.4. The topological polar surface area (TPSA) is 92.4 Å². The number of nitrogens with zero attached hydrogens (tertiary/aromatic N) is 3. The first-order chi connectivity index (χ1) is 14.6. The third kappa shape index (κ3) is 7.76. The molecule has 3 N–H and O–H groups in total. The molecule has 2 aliphatic heterocycles. The van der Waals surface area contributed by atoms with Crippen LogP contribution >= 0.6 is 24.0 Å². The van der Waals surface area contributed by atoms with E-state index in [-0.39, 0.29) is 48.0 Å². The highest BCUT2D eigenvalue weighted by Crippen LogP contribution is 2.23. The Morgan fingerprint density at radius 1 is 1.26 bits per heavy atom. The van der Waals surface area contributed by atoms with Crippen molar-refractivity contribution in [1.29, 1.82) is 0 Å². The molecule has 0 aromatic heterocycles. The molecular formula is C21H33FIN5O3. The van der Waals surface area contributed by atoms with E-state index in [1.54, 1.807) is 24.0 Å². The van der Waals surface area contributed by atoms with Crippen LogP contribution in [-0.2, 0) is 9.47 Å². The number of morpholine rings is 1. The number of hydrogen-bond donors (Lipinski definition) is 2. The fourth-order valence-electron chi connectivity index (χ4n) is 3.87. The number of piperidine rings is 1. The second-order valence-electron chi connectivity index (χ2n) is 7.55. The first-order valence-electron chi connectivity index (χ1n) is 10.6. The standard InChI is InChI=1S/C21H32FN5O3.HI/c1-2-30-21(28)27-9-7-18(8-10-27)25-20(23)24-15-19(26-11-13-29-14-12-26)16-3-5-17(22)6-4-16;/h3-6,18-19H,2,7-15H2,1H3,(H3,23,24,25);1H. The van der Waals surface area contributed by atoms with Gasteiger partial charge >= 0.3 is 6.09 Å². The van der Waals surface area contributed by atoms with Gasteiger partial charge in [0.1, 0.15) is 5.82 Å². The predicted octanol–water partition coefficient (Wildman–Crippen LogP) is 2.34. The summed E-state index contributed by atoms with van der Waals surface area (Å²) < 4.78 is 23.9. The molecule has 0 spiro atoms. The molecule has 2 fully saturated rings. The van der Waals surface area contributed by atoms with Gasteiger partial charge in [-0.2, -0.15) is 0 Å². The Bertz CT molecular complexity index is 707. The fourth-order valence-corrected chi connectivity index (χ4v) is 3.87. The van der Waals surface area contributed by atoms with E-state index in [0.29, 0.717) is 45.4 Å². The molecule has 1 atom stereocenters. The number of likely N-dealkylation sites (tertiary alicyclic amines) is 1. The van der Waals surface area contributed by atoms with Crippen molar-refractivity contribution in [2.45, 2.75) is 31.8 Å². The van der Waals surface area contributed by atoms with Gasteiger partial charge in [0.15, 0.2) is 5.96 Å². The van der Waals surface area contributed by atoms with Crippen molar-refractivity contribution >= 4 is 36.0 Å². The summed E-state index contributed by atoms with van der Waals surface area (Å²) >= 11 is 0. The minimum absolute atomic E-state index is 0. The van der Waals surface area contributed by atoms with Crippen molar-refractivity contribution in [3.8, 4) is 0 Å². The van der Waals surface area contributed by atoms with Crippen LogP contribution < -0.4 is 11.1 Å². The number of nitrogens with two attached hydrogens (primary N) is 1. The second kappa shape index (κ2) is 13.0. The first kappa shape index (κ1) is 25.6. The average molecular weight is 549 g/mol. The molecule has 0 bridgehead atoms. The van der Waals surface area contributed by atoms with Gasteiger partial charge in [0.25, 0.3) is 0 Å². The summed E-state index contributed by atoms with van der Waals surface area (Å²) in [5, 5.41) is 3.27. The number of nitrogens with one attached hydrogen (secondary N) is 1. The third-order valence-electron chi connectivity index (χ3n) is 5.55. The summed E-state index contributed by atoms with van der Waals surface area (Å²) in [5.41, 5.74) is 7.17. The van der Waals surface area contributed by atoms with E-state index in [9.17, 15) is 9.18 Å². The van der Waals surface area contributed by atoms with Crippen LogP contribution in [0.15, 0.2) is 29.3 Å². The Morgan fingerprint density at radius 3 is 2.52 bits per heavy atom. The van der Waals surface area contributed by atoms with E-state index in [1.165, 1.54) is 12.1 Å². The van der Waals surface area contributed by atoms with Crippen molar-refractivity contribution in [2.75, 3.05) is 52.5 Å². The summed E-state index contributed by atoms with van der Waals surface area (Å²) in [7, 11) is 0. The van der Waals surface area contributed by atoms with Gasteiger partial charge in [-0.05, 0) is 37.5 Å². The molecular weight excluding hydrogens is 516 g/mol. The van der Waals surface area contributed by atoms with E-state index in [4.69, 9.17) is 15.2 Å². The summed E-state index contributed by atoms with van der Waals surface area (Å²) in [6.45, 7) is 6.89. The van der Waals surface area contributed by atoms with Crippen LogP contribution in [0.3, 0.4) is 0 Å². The number of halogens is 2. The molecule has 10 heteroatoms. The van der Waals surface area contributed by atoms with E-state index in [1.807, 2.05) is 0 Å². The highest BCUT2D eigenvalue weighted by atomic mass is 127. The van der Waals surface area contributed by atoms with Crippen LogP contribution in [-0.4, -0.2) is 80.4 Å². The number of guanidine groups is 1. The number of carbonyl (C=O) groups excluding carboxylic acids is 1. The van der Waals surface area contributed by atoms with Gasteiger partial charge < -0.3 is 25.4 Å². The monoisotopic (exact) mass is 549 g/mol. The summed E-state index contributed by atoms with van der Waals surface area (Å²) in [4.78, 5) is 20.4. The number of aliphatic imine (C=N–C) groups is 1. The SMILES string of the molecule is CCOC(=O)N1CCC(NC(N)=NCC(c2ccc(F)cc2)N2CCOCC2)CC1.I. The Hall–Kier alpha value is -1.66. The molecule has 2 heterocycles. The Balaban J connectivity index is 0.00000341. The zero-order valence-electron chi connectivity index (χ0n) is 18.0. The molecule has 1 aromatic rings. The van der Waals surface area contributed by atoms with Crippen molar-refractivity contribution in [3.05, 3.63) is 35.6 Å². The van der Waals surface area contributed by atoms with E-state index in [2.05, 4.69) is 15.2 Å². The van der Waals surface area contributed by atoms with Crippen molar-refractivity contribution < 1.29 is 18.7 Å². The molecule has 0 aliphatic carbocycles. The Labute approximate surface area is 200 Å². The molecule has 31 heavy (non-hydrogen) atoms. The fraction of sp³-hybridized carbons (Fsp3) is 0.619. The Kier molecular flexibility index (Phi) is 10.7. The molecule has 3 rings (SSSR count). The molecule has 1 unspecified atom stereocenters. The van der Waals surface area contributed by atoms with Crippen LogP contribution in [0.2, 0.25) is 0 Å². The molecule has 2 aliphatic rings. The quantitative estimate of drug-likeness (QED) is 0.322. The molecule has 8 nitrogen and oxygen atoms in total. The largest absolute Gasteiger partial charge is 0.450 e. The molecule has 1 amide bonds. The second-order valence-corrected chi connectivity index (χ2v) is 7.55. The molecule has 0 saturated carbocycles. The van der Waals surface area contributed by atoms with Gasteiger partial charge in [-0.15, -0.1) is 24.0 Å². The predicted molar refractivity (Wildman–Crippen MR) is 128 cm³/mol. The lowest BCUT2D eigenvalue weighted by Crippen LogP contribution is -2.48. The lowest BCUT2D eigenvalue weighted by molar-refractivity contribution is 0.0179. The lowest BCUT2D eigenvalue weighted by atomic mass is 10.0. The zero-order chi connectivity index (χ0) is 21.3. The maximum Gasteiger partial charge on any atom is 0.409 e. The lowest BCUT2D eigenvalue weighted by Gasteiger charge is -2.34. The minimum atomic E-state index is -0.259. The number of carbonyl (C=O) groups is 1. The highest BCUT2D eigenvalue weighted by molar-refractivity contribution is 14.0. The van der Waals surface area contributed by atoms with Gasteiger partial charge in [0, 0.05) is 32.2 Å². The average Bonchev–Trinajstić information content (AvgIpc) is 2.76. The van der Waals surface area contributed by atoms with E-state index in [0.717, 1.165) is 31.5 Å². The third-order valence-corrected chi connectivity index (χ3v) is 5.55. The first-order valence-corrected chi connectivity index (χ1v) is 10.6. The molecule has 2 saturated heterocycles. The maximum atomic E-state index is 13.4. The number of benzene rings is 1. The highest BCUT2D eigenvalue weighted by Gasteiger charge is 2.25. The van der Waals surface area contributed by atoms with Crippen LogP contribution in [0.4, 0.5) is 9.18 Å². The van der Waals surface area contributed by atoms with Gasteiger partial charge in [-0.3, -0.25) is 9.89 Å². The van der Waals surface area contributed by atoms with Crippen LogP contribution in [0.25, 0.3) is 0 Å². The van der Waals surface area contributed by atoms with Crippen LogP contribution in [0.5, 0.6) is 0 Å². The Morgan fingerprint density at radius 2 is 1.90 bits per heavy atom. The smallest absolute Gasteiger partial charge is 0.409 e.